The van der Waals surface area contributed by atoms with Crippen LogP contribution in [0.5, 0.6) is 17.2 Å². The fourth-order valence-electron chi connectivity index (χ4n) is 4.32. The molecule has 0 aromatic heterocycles. The Kier molecular flexibility index (Phi) is 7.83. The van der Waals surface area contributed by atoms with Crippen LogP contribution in [0, 0.1) is 6.92 Å². The lowest BCUT2D eigenvalue weighted by molar-refractivity contribution is -0.133. The van der Waals surface area contributed by atoms with Gasteiger partial charge in [0.1, 0.15) is 5.75 Å². The summed E-state index contributed by atoms with van der Waals surface area (Å²) >= 11 is 0. The zero-order valence-electron chi connectivity index (χ0n) is 20.5. The molecule has 0 aliphatic carbocycles. The van der Waals surface area contributed by atoms with E-state index in [2.05, 4.69) is 4.90 Å². The minimum absolute atomic E-state index is 0.168. The highest BCUT2D eigenvalue weighted by molar-refractivity contribution is 7.89. The van der Waals surface area contributed by atoms with E-state index in [1.807, 2.05) is 32.0 Å². The van der Waals surface area contributed by atoms with Crippen molar-refractivity contribution in [1.29, 1.82) is 0 Å². The molecule has 0 N–H and O–H groups in total. The average molecular weight is 504 g/mol. The number of carbonyl (C=O) groups is 1. The normalized spacial score (nSPS) is 16.1. The van der Waals surface area contributed by atoms with E-state index >= 15 is 0 Å². The van der Waals surface area contributed by atoms with Crippen LogP contribution in [0.4, 0.5) is 0 Å². The summed E-state index contributed by atoms with van der Waals surface area (Å²) in [5.74, 6) is 2.00. The van der Waals surface area contributed by atoms with Gasteiger partial charge in [-0.25, -0.2) is 8.42 Å². The van der Waals surface area contributed by atoms with Crippen molar-refractivity contribution < 1.29 is 27.4 Å². The van der Waals surface area contributed by atoms with Gasteiger partial charge in [0, 0.05) is 39.3 Å². The number of rotatable bonds is 9. The molecule has 2 aliphatic rings. The fraction of sp³-hybridized carbons (Fsp3) is 0.480. The Morgan fingerprint density at radius 3 is 2.46 bits per heavy atom. The van der Waals surface area contributed by atoms with Crippen LogP contribution >= 0.6 is 0 Å². The third kappa shape index (κ3) is 5.71. The van der Waals surface area contributed by atoms with Crippen LogP contribution < -0.4 is 14.2 Å². The number of amides is 1. The average Bonchev–Trinajstić information content (AvgIpc) is 3.32. The van der Waals surface area contributed by atoms with Crippen molar-refractivity contribution in [3.63, 3.8) is 0 Å². The molecular weight excluding hydrogens is 470 g/mol. The number of hydrogen-bond acceptors (Lipinski definition) is 7. The predicted molar refractivity (Wildman–Crippen MR) is 131 cm³/mol. The zero-order chi connectivity index (χ0) is 25.0. The van der Waals surface area contributed by atoms with Gasteiger partial charge in [-0.15, -0.1) is 0 Å². The van der Waals surface area contributed by atoms with Gasteiger partial charge in [-0.1, -0.05) is 13.0 Å². The number of ether oxygens (including phenoxy) is 3. The summed E-state index contributed by atoms with van der Waals surface area (Å²) in [6.07, 6.45) is 0. The third-order valence-electron chi connectivity index (χ3n) is 6.32. The molecule has 0 radical (unpaired) electrons. The first kappa shape index (κ1) is 25.3. The molecule has 190 valence electrons. The monoisotopic (exact) mass is 503 g/mol. The summed E-state index contributed by atoms with van der Waals surface area (Å²) in [7, 11) is -3.80. The second-order valence-electron chi connectivity index (χ2n) is 8.64. The van der Waals surface area contributed by atoms with Gasteiger partial charge >= 0.3 is 0 Å². The van der Waals surface area contributed by atoms with Gasteiger partial charge in [0.05, 0.1) is 18.0 Å². The van der Waals surface area contributed by atoms with Crippen molar-refractivity contribution in [3.05, 3.63) is 47.5 Å². The van der Waals surface area contributed by atoms with Crippen molar-refractivity contribution in [2.75, 3.05) is 52.7 Å². The second kappa shape index (κ2) is 10.8. The number of likely N-dealkylation sites (N-methyl/N-ethyl adjacent to an activating group) is 1. The van der Waals surface area contributed by atoms with E-state index < -0.39 is 10.0 Å². The minimum atomic E-state index is -3.80. The summed E-state index contributed by atoms with van der Waals surface area (Å²) < 4.78 is 44.0. The van der Waals surface area contributed by atoms with Crippen LogP contribution in [0.25, 0.3) is 0 Å². The summed E-state index contributed by atoms with van der Waals surface area (Å²) in [6.45, 7) is 9.55. The number of piperazine rings is 1. The molecule has 0 saturated carbocycles. The summed E-state index contributed by atoms with van der Waals surface area (Å²) in [4.78, 5) is 17.2. The maximum atomic E-state index is 13.2. The van der Waals surface area contributed by atoms with Gasteiger partial charge in [0.2, 0.25) is 22.7 Å². The summed E-state index contributed by atoms with van der Waals surface area (Å²) in [5.41, 5.74) is 1.87. The molecule has 4 rings (SSSR count). The molecular formula is C25H33N3O6S. The van der Waals surface area contributed by atoms with E-state index in [0.29, 0.717) is 25.4 Å². The molecule has 0 bridgehead atoms. The highest BCUT2D eigenvalue weighted by Gasteiger charge is 2.29. The van der Waals surface area contributed by atoms with Crippen LogP contribution in [0.3, 0.4) is 0 Å². The lowest BCUT2D eigenvalue weighted by Gasteiger charge is -2.35. The second-order valence-corrected chi connectivity index (χ2v) is 10.6. The van der Waals surface area contributed by atoms with Crippen LogP contribution in [-0.4, -0.2) is 81.1 Å². The van der Waals surface area contributed by atoms with Gasteiger partial charge < -0.3 is 19.1 Å². The van der Waals surface area contributed by atoms with Gasteiger partial charge in [-0.2, -0.15) is 4.31 Å². The SMILES string of the molecule is CCOc1ccc(S(=O)(=O)N(CC)CC(=O)N2CCN(Cc3ccc4c(c3)OCO4)CC2)cc1C. The number of hydrogen-bond donors (Lipinski definition) is 0. The third-order valence-corrected chi connectivity index (χ3v) is 8.23. The molecule has 2 aromatic rings. The molecule has 2 heterocycles. The molecule has 2 aliphatic heterocycles. The van der Waals surface area contributed by atoms with Gasteiger partial charge in [-0.05, 0) is 55.3 Å². The van der Waals surface area contributed by atoms with Crippen molar-refractivity contribution in [2.24, 2.45) is 0 Å². The topological polar surface area (TPSA) is 88.6 Å². The summed E-state index contributed by atoms with van der Waals surface area (Å²) in [6, 6.07) is 10.7. The van der Waals surface area contributed by atoms with Crippen LogP contribution in [-0.2, 0) is 21.4 Å². The van der Waals surface area contributed by atoms with Crippen molar-refractivity contribution >= 4 is 15.9 Å². The zero-order valence-corrected chi connectivity index (χ0v) is 21.3. The first-order chi connectivity index (χ1) is 16.8. The number of carbonyl (C=O) groups excluding carboxylic acids is 1. The van der Waals surface area contributed by atoms with Crippen LogP contribution in [0.2, 0.25) is 0 Å². The van der Waals surface area contributed by atoms with E-state index in [0.717, 1.165) is 42.3 Å². The molecule has 10 heteroatoms. The van der Waals surface area contributed by atoms with E-state index in [1.54, 1.807) is 24.0 Å². The van der Waals surface area contributed by atoms with Gasteiger partial charge in [-0.3, -0.25) is 9.69 Å². The Bertz CT molecular complexity index is 1160. The van der Waals surface area contributed by atoms with Gasteiger partial charge in [0.25, 0.3) is 0 Å². The fourth-order valence-corrected chi connectivity index (χ4v) is 5.80. The van der Waals surface area contributed by atoms with E-state index in [-0.39, 0.29) is 30.7 Å². The molecule has 35 heavy (non-hydrogen) atoms. The van der Waals surface area contributed by atoms with Crippen molar-refractivity contribution in [3.8, 4) is 17.2 Å². The van der Waals surface area contributed by atoms with E-state index in [9.17, 15) is 13.2 Å². The maximum absolute atomic E-state index is 13.2. The lowest BCUT2D eigenvalue weighted by Crippen LogP contribution is -2.51. The first-order valence-corrected chi connectivity index (χ1v) is 13.4. The minimum Gasteiger partial charge on any atom is -0.494 e. The highest BCUT2D eigenvalue weighted by Crippen LogP contribution is 2.33. The van der Waals surface area contributed by atoms with Crippen molar-refractivity contribution in [2.45, 2.75) is 32.2 Å². The molecule has 2 aromatic carbocycles. The number of sulfonamides is 1. The Morgan fingerprint density at radius 1 is 1.03 bits per heavy atom. The molecule has 0 spiro atoms. The number of benzene rings is 2. The number of fused-ring (bicyclic) bond motifs is 1. The molecule has 0 atom stereocenters. The summed E-state index contributed by atoms with van der Waals surface area (Å²) in [5, 5.41) is 0. The van der Waals surface area contributed by atoms with Gasteiger partial charge in [0.15, 0.2) is 11.5 Å². The van der Waals surface area contributed by atoms with Crippen LogP contribution in [0.15, 0.2) is 41.3 Å². The largest absolute Gasteiger partial charge is 0.494 e. The van der Waals surface area contributed by atoms with E-state index in [4.69, 9.17) is 14.2 Å². The predicted octanol–water partition coefficient (Wildman–Crippen LogP) is 2.48. The Morgan fingerprint density at radius 2 is 1.77 bits per heavy atom. The van der Waals surface area contributed by atoms with E-state index in [1.165, 1.54) is 10.4 Å². The maximum Gasteiger partial charge on any atom is 0.243 e. The standard InChI is InChI=1S/C25H33N3O6S/c1-4-28(35(30,31)21-7-9-22(32-5-2)19(3)14-21)17-25(29)27-12-10-26(11-13-27)16-20-6-8-23-24(15-20)34-18-33-23/h6-9,14-15H,4-5,10-13,16-18H2,1-3H3. The smallest absolute Gasteiger partial charge is 0.243 e. The molecule has 1 saturated heterocycles. The Labute approximate surface area is 207 Å². The number of nitrogens with zero attached hydrogens (tertiary/aromatic N) is 3. The van der Waals surface area contributed by atoms with Crippen LogP contribution in [0.1, 0.15) is 25.0 Å². The first-order valence-electron chi connectivity index (χ1n) is 11.9. The lowest BCUT2D eigenvalue weighted by atomic mass is 10.1. The quantitative estimate of drug-likeness (QED) is 0.519. The molecule has 0 unspecified atom stereocenters. The Hall–Kier alpha value is -2.82. The number of aryl methyl sites for hydroxylation is 1. The molecule has 1 fully saturated rings. The molecule has 1 amide bonds. The highest BCUT2D eigenvalue weighted by atomic mass is 32.2. The Balaban J connectivity index is 1.33. The van der Waals surface area contributed by atoms with Crippen molar-refractivity contribution in [1.82, 2.24) is 14.1 Å². The molecule has 9 nitrogen and oxygen atoms in total.